The van der Waals surface area contributed by atoms with Crippen molar-refractivity contribution in [2.24, 2.45) is 0 Å². The highest BCUT2D eigenvalue weighted by Gasteiger charge is 2.14. The molecule has 0 bridgehead atoms. The molecule has 2 aromatic carbocycles. The van der Waals surface area contributed by atoms with Gasteiger partial charge in [0.25, 0.3) is 0 Å². The number of unbranched alkanes of at least 4 members (excludes halogenated alkanes) is 1. The number of hydrogen-bond donors (Lipinski definition) is 1. The lowest BCUT2D eigenvalue weighted by atomic mass is 10.0. The summed E-state index contributed by atoms with van der Waals surface area (Å²) >= 11 is 0. The van der Waals surface area contributed by atoms with Crippen LogP contribution in [0.5, 0.6) is 0 Å². The van der Waals surface area contributed by atoms with Crippen molar-refractivity contribution in [3.05, 3.63) is 106 Å². The molecule has 176 valence electrons. The zero-order valence-electron chi connectivity index (χ0n) is 19.6. The van der Waals surface area contributed by atoms with Gasteiger partial charge in [-0.15, -0.1) is 5.10 Å². The first-order valence-electron chi connectivity index (χ1n) is 11.8. The molecule has 0 unspecified atom stereocenters. The fourth-order valence-electron chi connectivity index (χ4n) is 4.25. The highest BCUT2D eigenvalue weighted by molar-refractivity contribution is 5.76. The third-order valence-corrected chi connectivity index (χ3v) is 6.09. The van der Waals surface area contributed by atoms with Gasteiger partial charge in [0.15, 0.2) is 5.82 Å². The van der Waals surface area contributed by atoms with Gasteiger partial charge in [0, 0.05) is 29.2 Å². The summed E-state index contributed by atoms with van der Waals surface area (Å²) in [7, 11) is 0. The van der Waals surface area contributed by atoms with Gasteiger partial charge in [-0.3, -0.25) is 14.1 Å². The quantitative estimate of drug-likeness (QED) is 0.350. The van der Waals surface area contributed by atoms with E-state index in [-0.39, 0.29) is 5.69 Å². The Labute approximate surface area is 203 Å². The van der Waals surface area contributed by atoms with E-state index in [0.717, 1.165) is 52.9 Å². The van der Waals surface area contributed by atoms with Gasteiger partial charge in [-0.25, -0.2) is 9.89 Å². The fourth-order valence-corrected chi connectivity index (χ4v) is 4.25. The van der Waals surface area contributed by atoms with E-state index >= 15 is 0 Å². The maximum Gasteiger partial charge on any atom is 0.328 e. The number of rotatable bonds is 9. The van der Waals surface area contributed by atoms with Gasteiger partial charge in [0.05, 0.1) is 18.8 Å². The lowest BCUT2D eigenvalue weighted by molar-refractivity contribution is 0.655. The summed E-state index contributed by atoms with van der Waals surface area (Å²) in [4.78, 5) is 17.9. The SMILES string of the molecule is CCCCc1cn(Cc2ccccc2)c(=O)n1Cc1ccc(-c2ncccc2-c2nnn[nH]2)cc1. The van der Waals surface area contributed by atoms with E-state index < -0.39 is 0 Å². The monoisotopic (exact) mass is 465 g/mol. The van der Waals surface area contributed by atoms with Crippen LogP contribution >= 0.6 is 0 Å². The summed E-state index contributed by atoms with van der Waals surface area (Å²) in [5.74, 6) is 0.573. The van der Waals surface area contributed by atoms with E-state index in [0.29, 0.717) is 18.9 Å². The van der Waals surface area contributed by atoms with Gasteiger partial charge < -0.3 is 0 Å². The number of tetrazole rings is 1. The van der Waals surface area contributed by atoms with Crippen LogP contribution in [-0.4, -0.2) is 34.7 Å². The molecular formula is C27H27N7O. The Morgan fingerprint density at radius 1 is 0.914 bits per heavy atom. The number of benzene rings is 2. The van der Waals surface area contributed by atoms with Crippen molar-refractivity contribution in [2.45, 2.75) is 39.3 Å². The van der Waals surface area contributed by atoms with Crippen LogP contribution in [0.1, 0.15) is 36.6 Å². The van der Waals surface area contributed by atoms with Crippen molar-refractivity contribution >= 4 is 0 Å². The van der Waals surface area contributed by atoms with Crippen LogP contribution in [0.3, 0.4) is 0 Å². The Morgan fingerprint density at radius 2 is 1.71 bits per heavy atom. The van der Waals surface area contributed by atoms with Crippen LogP contribution < -0.4 is 5.69 Å². The molecule has 0 atom stereocenters. The molecular weight excluding hydrogens is 438 g/mol. The fraction of sp³-hybridized carbons (Fsp3) is 0.222. The summed E-state index contributed by atoms with van der Waals surface area (Å²) in [5, 5.41) is 14.2. The second kappa shape index (κ2) is 10.3. The average molecular weight is 466 g/mol. The molecule has 5 aromatic rings. The largest absolute Gasteiger partial charge is 0.328 e. The molecule has 8 nitrogen and oxygen atoms in total. The Balaban J connectivity index is 1.42. The molecule has 0 aliphatic heterocycles. The molecule has 3 aromatic heterocycles. The standard InChI is InChI=1S/C27H27N7O/c1-2-3-10-23-19-33(17-20-8-5-4-6-9-20)27(35)34(23)18-21-12-14-22(15-13-21)25-24(11-7-16-28-25)26-29-31-32-30-26/h4-9,11-16,19H,2-3,10,17-18H2,1H3,(H,29,30,31,32). The average Bonchev–Trinajstić information content (AvgIpc) is 3.54. The van der Waals surface area contributed by atoms with Crippen molar-refractivity contribution in [1.29, 1.82) is 0 Å². The first kappa shape index (κ1) is 22.5. The van der Waals surface area contributed by atoms with E-state index in [1.54, 1.807) is 6.20 Å². The highest BCUT2D eigenvalue weighted by atomic mass is 16.1. The van der Waals surface area contributed by atoms with Crippen LogP contribution in [0.15, 0.2) is 83.9 Å². The van der Waals surface area contributed by atoms with Crippen molar-refractivity contribution in [2.75, 3.05) is 0 Å². The van der Waals surface area contributed by atoms with Gasteiger partial charge in [-0.2, -0.15) is 0 Å². The first-order chi connectivity index (χ1) is 17.2. The first-order valence-corrected chi connectivity index (χ1v) is 11.8. The summed E-state index contributed by atoms with van der Waals surface area (Å²) in [6, 6.07) is 22.1. The third-order valence-electron chi connectivity index (χ3n) is 6.09. The summed E-state index contributed by atoms with van der Waals surface area (Å²) in [6.45, 7) is 3.27. The molecule has 0 spiro atoms. The smallest absolute Gasteiger partial charge is 0.295 e. The Hall–Kier alpha value is -4.33. The van der Waals surface area contributed by atoms with Gasteiger partial charge >= 0.3 is 5.69 Å². The summed E-state index contributed by atoms with van der Waals surface area (Å²) in [5.41, 5.74) is 5.86. The molecule has 3 heterocycles. The van der Waals surface area contributed by atoms with Crippen LogP contribution in [0.4, 0.5) is 0 Å². The molecule has 8 heteroatoms. The molecule has 0 fully saturated rings. The second-order valence-corrected chi connectivity index (χ2v) is 8.55. The van der Waals surface area contributed by atoms with E-state index in [1.807, 2.05) is 57.8 Å². The van der Waals surface area contributed by atoms with Crippen molar-refractivity contribution in [3.63, 3.8) is 0 Å². The minimum absolute atomic E-state index is 0.0221. The number of aromatic nitrogens is 7. The molecule has 0 radical (unpaired) electrons. The molecule has 1 N–H and O–H groups in total. The number of aromatic amines is 1. The lowest BCUT2D eigenvalue weighted by Crippen LogP contribution is -2.26. The predicted molar refractivity (Wildman–Crippen MR) is 135 cm³/mol. The van der Waals surface area contributed by atoms with E-state index in [4.69, 9.17) is 0 Å². The minimum atomic E-state index is 0.0221. The number of nitrogens with zero attached hydrogens (tertiary/aromatic N) is 6. The van der Waals surface area contributed by atoms with Crippen LogP contribution in [0, 0.1) is 0 Å². The van der Waals surface area contributed by atoms with Crippen LogP contribution in [-0.2, 0) is 19.5 Å². The van der Waals surface area contributed by atoms with Gasteiger partial charge in [-0.1, -0.05) is 67.9 Å². The van der Waals surface area contributed by atoms with Gasteiger partial charge in [0.2, 0.25) is 0 Å². The molecule has 0 saturated heterocycles. The molecule has 0 aliphatic carbocycles. The maximum absolute atomic E-state index is 13.3. The third kappa shape index (κ3) is 4.96. The number of H-pyrrole nitrogens is 1. The van der Waals surface area contributed by atoms with Crippen molar-refractivity contribution in [3.8, 4) is 22.6 Å². The topological polar surface area (TPSA) is 94.3 Å². The summed E-state index contributed by atoms with van der Waals surface area (Å²) in [6.07, 6.45) is 6.79. The highest BCUT2D eigenvalue weighted by Crippen LogP contribution is 2.27. The molecule has 0 aliphatic rings. The van der Waals surface area contributed by atoms with E-state index in [9.17, 15) is 4.79 Å². The normalized spacial score (nSPS) is 11.1. The number of nitrogens with one attached hydrogen (secondary N) is 1. The number of imidazole rings is 1. The zero-order chi connectivity index (χ0) is 24.0. The van der Waals surface area contributed by atoms with Crippen LogP contribution in [0.25, 0.3) is 22.6 Å². The van der Waals surface area contributed by atoms with Crippen molar-refractivity contribution in [1.82, 2.24) is 34.7 Å². The summed E-state index contributed by atoms with van der Waals surface area (Å²) < 4.78 is 3.72. The number of aryl methyl sites for hydroxylation is 1. The Morgan fingerprint density at radius 3 is 2.46 bits per heavy atom. The lowest BCUT2D eigenvalue weighted by Gasteiger charge is -2.09. The molecule has 0 saturated carbocycles. The molecule has 35 heavy (non-hydrogen) atoms. The zero-order valence-corrected chi connectivity index (χ0v) is 19.6. The minimum Gasteiger partial charge on any atom is -0.295 e. The van der Waals surface area contributed by atoms with Crippen molar-refractivity contribution < 1.29 is 0 Å². The van der Waals surface area contributed by atoms with Crippen LogP contribution in [0.2, 0.25) is 0 Å². The Kier molecular flexibility index (Phi) is 6.61. The van der Waals surface area contributed by atoms with Gasteiger partial charge in [-0.05, 0) is 46.5 Å². The predicted octanol–water partition coefficient (Wildman–Crippen LogP) is 4.33. The van der Waals surface area contributed by atoms with E-state index in [1.165, 1.54) is 0 Å². The molecule has 5 rings (SSSR count). The Bertz CT molecular complexity index is 1440. The number of hydrogen-bond acceptors (Lipinski definition) is 5. The number of pyridine rings is 1. The van der Waals surface area contributed by atoms with Gasteiger partial charge in [0.1, 0.15) is 0 Å². The van der Waals surface area contributed by atoms with E-state index in [2.05, 4.69) is 56.8 Å². The molecule has 0 amide bonds. The maximum atomic E-state index is 13.3. The second-order valence-electron chi connectivity index (χ2n) is 8.55.